The van der Waals surface area contributed by atoms with Crippen molar-refractivity contribution in [2.24, 2.45) is 0 Å². The fraction of sp³-hybridized carbons (Fsp3) is 0.769. The molecule has 0 atom stereocenters. The summed E-state index contributed by atoms with van der Waals surface area (Å²) >= 11 is 0. The summed E-state index contributed by atoms with van der Waals surface area (Å²) in [5.74, 6) is 0. The molecule has 4 nitrogen and oxygen atoms in total. The van der Waals surface area contributed by atoms with E-state index < -0.39 is 0 Å². The van der Waals surface area contributed by atoms with Crippen molar-refractivity contribution in [1.29, 1.82) is 0 Å². The third-order valence-corrected chi connectivity index (χ3v) is 2.97. The van der Waals surface area contributed by atoms with Gasteiger partial charge in [-0.15, -0.1) is 0 Å². The normalized spacial score (nSPS) is 11.4. The molecule has 1 heterocycles. The minimum atomic E-state index is 0.952. The number of nitrogens with one attached hydrogen (secondary N) is 1. The van der Waals surface area contributed by atoms with E-state index in [0.29, 0.717) is 0 Å². The monoisotopic (exact) mass is 238 g/mol. The second-order valence-electron chi connectivity index (χ2n) is 4.32. The van der Waals surface area contributed by atoms with Crippen LogP contribution in [0.1, 0.15) is 32.2 Å². The van der Waals surface area contributed by atoms with Gasteiger partial charge in [-0.2, -0.15) is 5.10 Å². The molecule has 0 fully saturated rings. The molecule has 1 N–H and O–H groups in total. The lowest BCUT2D eigenvalue weighted by Crippen LogP contribution is -2.32. The van der Waals surface area contributed by atoms with Crippen molar-refractivity contribution in [2.75, 3.05) is 26.2 Å². The summed E-state index contributed by atoms with van der Waals surface area (Å²) in [7, 11) is 0. The highest BCUT2D eigenvalue weighted by atomic mass is 15.3. The van der Waals surface area contributed by atoms with Crippen LogP contribution in [0.5, 0.6) is 0 Å². The van der Waals surface area contributed by atoms with Gasteiger partial charge in [-0.25, -0.2) is 0 Å². The predicted octanol–water partition coefficient (Wildman–Crippen LogP) is 1.64. The number of hydrogen-bond donors (Lipinski definition) is 1. The van der Waals surface area contributed by atoms with Gasteiger partial charge in [-0.1, -0.05) is 13.8 Å². The molecular weight excluding hydrogens is 212 g/mol. The number of aryl methyl sites for hydroxylation is 2. The van der Waals surface area contributed by atoms with Crippen LogP contribution >= 0.6 is 0 Å². The number of rotatable bonds is 8. The second-order valence-corrected chi connectivity index (χ2v) is 4.32. The fourth-order valence-electron chi connectivity index (χ4n) is 1.99. The molecule has 1 rings (SSSR count). The number of hydrogen-bond acceptors (Lipinski definition) is 3. The molecular formula is C13H26N4. The van der Waals surface area contributed by atoms with Gasteiger partial charge in [0.25, 0.3) is 0 Å². The van der Waals surface area contributed by atoms with E-state index in [2.05, 4.69) is 53.8 Å². The van der Waals surface area contributed by atoms with E-state index in [1.165, 1.54) is 5.69 Å². The Morgan fingerprint density at radius 2 is 2.12 bits per heavy atom. The molecule has 0 aliphatic rings. The van der Waals surface area contributed by atoms with Crippen molar-refractivity contribution >= 4 is 0 Å². The molecule has 1 aromatic rings. The topological polar surface area (TPSA) is 33.1 Å². The number of aromatic nitrogens is 2. The van der Waals surface area contributed by atoms with Crippen LogP contribution in [0.25, 0.3) is 0 Å². The minimum Gasteiger partial charge on any atom is -0.316 e. The molecule has 98 valence electrons. The number of nitrogens with zero attached hydrogens (tertiary/aromatic N) is 3. The molecule has 0 saturated heterocycles. The highest BCUT2D eigenvalue weighted by Gasteiger charge is 2.08. The predicted molar refractivity (Wildman–Crippen MR) is 72.1 cm³/mol. The van der Waals surface area contributed by atoms with Crippen LogP contribution in [0.4, 0.5) is 0 Å². The van der Waals surface area contributed by atoms with Crippen molar-refractivity contribution in [2.45, 2.75) is 40.8 Å². The minimum absolute atomic E-state index is 0.952. The lowest BCUT2D eigenvalue weighted by molar-refractivity contribution is 0.271. The van der Waals surface area contributed by atoms with Gasteiger partial charge in [0, 0.05) is 26.2 Å². The Labute approximate surface area is 105 Å². The Kier molecular flexibility index (Phi) is 6.22. The molecule has 0 unspecified atom stereocenters. The summed E-state index contributed by atoms with van der Waals surface area (Å²) in [6, 6.07) is 2.19. The number of likely N-dealkylation sites (N-methyl/N-ethyl adjacent to an activating group) is 2. The lowest BCUT2D eigenvalue weighted by atomic mass is 10.3. The highest BCUT2D eigenvalue weighted by molar-refractivity contribution is 5.08. The SMILES string of the molecule is CCNCCN(CC)Cc1cc(C)nn1CC. The molecule has 0 saturated carbocycles. The quantitative estimate of drug-likeness (QED) is 0.699. The van der Waals surface area contributed by atoms with Crippen molar-refractivity contribution < 1.29 is 0 Å². The van der Waals surface area contributed by atoms with Gasteiger partial charge < -0.3 is 5.32 Å². The van der Waals surface area contributed by atoms with E-state index in [1.54, 1.807) is 0 Å². The van der Waals surface area contributed by atoms with Crippen LogP contribution in [-0.2, 0) is 13.1 Å². The maximum absolute atomic E-state index is 4.49. The lowest BCUT2D eigenvalue weighted by Gasteiger charge is -2.20. The molecule has 0 bridgehead atoms. The maximum atomic E-state index is 4.49. The van der Waals surface area contributed by atoms with Gasteiger partial charge in [0.1, 0.15) is 0 Å². The summed E-state index contributed by atoms with van der Waals surface area (Å²) in [6.45, 7) is 14.8. The highest BCUT2D eigenvalue weighted by Crippen LogP contribution is 2.07. The van der Waals surface area contributed by atoms with Gasteiger partial charge in [0.05, 0.1) is 11.4 Å². The molecule has 0 aliphatic carbocycles. The van der Waals surface area contributed by atoms with Crippen LogP contribution in [0.15, 0.2) is 6.07 Å². The largest absolute Gasteiger partial charge is 0.316 e. The third-order valence-electron chi connectivity index (χ3n) is 2.97. The molecule has 0 aliphatic heterocycles. The molecule has 0 amide bonds. The van der Waals surface area contributed by atoms with Crippen molar-refractivity contribution in [3.05, 3.63) is 17.5 Å². The summed E-state index contributed by atoms with van der Waals surface area (Å²) in [4.78, 5) is 2.45. The first-order valence-corrected chi connectivity index (χ1v) is 6.67. The zero-order valence-electron chi connectivity index (χ0n) is 11.7. The second kappa shape index (κ2) is 7.45. The van der Waals surface area contributed by atoms with Crippen LogP contribution < -0.4 is 5.32 Å². The zero-order chi connectivity index (χ0) is 12.7. The van der Waals surface area contributed by atoms with Crippen LogP contribution in [0.2, 0.25) is 0 Å². The summed E-state index contributed by atoms with van der Waals surface area (Å²) < 4.78 is 2.10. The van der Waals surface area contributed by atoms with Gasteiger partial charge in [0.15, 0.2) is 0 Å². The Bertz CT molecular complexity index is 319. The van der Waals surface area contributed by atoms with Gasteiger partial charge >= 0.3 is 0 Å². The Morgan fingerprint density at radius 3 is 2.71 bits per heavy atom. The standard InChI is InChI=1S/C13H26N4/c1-5-14-8-9-16(6-2)11-13-10-12(4)15-17(13)7-3/h10,14H,5-9,11H2,1-4H3. The average molecular weight is 238 g/mol. The van der Waals surface area contributed by atoms with E-state index in [0.717, 1.165) is 45.0 Å². The van der Waals surface area contributed by atoms with Crippen LogP contribution in [0.3, 0.4) is 0 Å². The summed E-state index contributed by atoms with van der Waals surface area (Å²) in [5, 5.41) is 7.86. The van der Waals surface area contributed by atoms with E-state index in [1.807, 2.05) is 0 Å². The van der Waals surface area contributed by atoms with Gasteiger partial charge in [0.2, 0.25) is 0 Å². The molecule has 1 aromatic heterocycles. The molecule has 0 aromatic carbocycles. The van der Waals surface area contributed by atoms with E-state index >= 15 is 0 Å². The first-order chi connectivity index (χ1) is 8.21. The molecule has 4 heteroatoms. The molecule has 0 spiro atoms. The smallest absolute Gasteiger partial charge is 0.0597 e. The van der Waals surface area contributed by atoms with Crippen molar-refractivity contribution in [3.63, 3.8) is 0 Å². The summed E-state index contributed by atoms with van der Waals surface area (Å²) in [5.41, 5.74) is 2.44. The van der Waals surface area contributed by atoms with Crippen molar-refractivity contribution in [1.82, 2.24) is 20.0 Å². The van der Waals surface area contributed by atoms with E-state index in [-0.39, 0.29) is 0 Å². The Hall–Kier alpha value is -0.870. The van der Waals surface area contributed by atoms with Crippen LogP contribution in [-0.4, -0.2) is 40.9 Å². The maximum Gasteiger partial charge on any atom is 0.0597 e. The summed E-state index contributed by atoms with van der Waals surface area (Å²) in [6.07, 6.45) is 0. The van der Waals surface area contributed by atoms with Gasteiger partial charge in [-0.3, -0.25) is 9.58 Å². The fourth-order valence-corrected chi connectivity index (χ4v) is 1.99. The zero-order valence-corrected chi connectivity index (χ0v) is 11.7. The van der Waals surface area contributed by atoms with Crippen molar-refractivity contribution in [3.8, 4) is 0 Å². The van der Waals surface area contributed by atoms with Crippen LogP contribution in [0, 0.1) is 6.92 Å². The Balaban J connectivity index is 2.53. The van der Waals surface area contributed by atoms with E-state index in [4.69, 9.17) is 0 Å². The van der Waals surface area contributed by atoms with E-state index in [9.17, 15) is 0 Å². The molecule has 17 heavy (non-hydrogen) atoms. The first-order valence-electron chi connectivity index (χ1n) is 6.67. The first kappa shape index (κ1) is 14.2. The van der Waals surface area contributed by atoms with Gasteiger partial charge in [-0.05, 0) is 33.0 Å². The Morgan fingerprint density at radius 1 is 1.35 bits per heavy atom. The molecule has 0 radical (unpaired) electrons. The average Bonchev–Trinajstić information content (AvgIpc) is 2.68. The third kappa shape index (κ3) is 4.48.